The highest BCUT2D eigenvalue weighted by molar-refractivity contribution is 5.71. The fraction of sp³-hybridized carbons (Fsp3) is 0.688. The SMILES string of the molecule is CC/C=C\C/C=C\C/C=C\C/C=C\CCCCCCCCC(=O)OC(COC(=O)CCCCCCC/C=C\C/C=C\CCC)COC(OCC[N+](C)(C)C)C(=O)O. The molecule has 0 aromatic heterocycles. The number of unbranched alkanes of at least 4 members (excludes halogenated alkanes) is 12. The molecule has 0 heterocycles. The summed E-state index contributed by atoms with van der Waals surface area (Å²) < 4.78 is 22.7. The Bertz CT molecular complexity index is 1160. The van der Waals surface area contributed by atoms with E-state index in [0.29, 0.717) is 17.4 Å². The van der Waals surface area contributed by atoms with Crippen molar-refractivity contribution >= 4 is 17.9 Å². The van der Waals surface area contributed by atoms with Crippen LogP contribution in [0.2, 0.25) is 0 Å². The number of hydrogen-bond acceptors (Lipinski definition) is 7. The van der Waals surface area contributed by atoms with Gasteiger partial charge in [-0.2, -0.15) is 0 Å². The fourth-order valence-electron chi connectivity index (χ4n) is 5.51. The van der Waals surface area contributed by atoms with Gasteiger partial charge in [0, 0.05) is 12.8 Å². The van der Waals surface area contributed by atoms with Crippen LogP contribution in [0.4, 0.5) is 0 Å². The molecule has 9 nitrogen and oxygen atoms in total. The molecule has 0 spiro atoms. The predicted octanol–water partition coefficient (Wildman–Crippen LogP) is 11.6. The van der Waals surface area contributed by atoms with E-state index >= 15 is 0 Å². The average Bonchev–Trinajstić information content (AvgIpc) is 3.17. The number of nitrogens with zero attached hydrogens (tertiary/aromatic N) is 1. The van der Waals surface area contributed by atoms with Gasteiger partial charge in [0.15, 0.2) is 6.10 Å². The Morgan fingerprint density at radius 2 is 1.00 bits per heavy atom. The maximum Gasteiger partial charge on any atom is 0.361 e. The van der Waals surface area contributed by atoms with Crippen LogP contribution in [0, 0.1) is 0 Å². The molecule has 2 atom stereocenters. The number of carboxylic acid groups (broad SMARTS) is 1. The normalized spacial score (nSPS) is 13.6. The summed E-state index contributed by atoms with van der Waals surface area (Å²) in [6.07, 6.45) is 45.3. The van der Waals surface area contributed by atoms with Crippen molar-refractivity contribution in [1.29, 1.82) is 0 Å². The molecule has 1 N–H and O–H groups in total. The van der Waals surface area contributed by atoms with Gasteiger partial charge in [-0.15, -0.1) is 0 Å². The number of likely N-dealkylation sites (N-methyl/N-ethyl adjacent to an activating group) is 1. The number of rotatable bonds is 39. The lowest BCUT2D eigenvalue weighted by Crippen LogP contribution is -2.40. The van der Waals surface area contributed by atoms with Crippen LogP contribution in [-0.4, -0.2) is 87.4 Å². The Hall–Kier alpha value is -3.27. The summed E-state index contributed by atoms with van der Waals surface area (Å²) in [6, 6.07) is 0. The second kappa shape index (κ2) is 39.6. The van der Waals surface area contributed by atoms with Gasteiger partial charge in [0.25, 0.3) is 6.29 Å². The Morgan fingerprint density at radius 3 is 1.49 bits per heavy atom. The summed E-state index contributed by atoms with van der Waals surface area (Å²) in [5, 5.41) is 9.63. The zero-order valence-electron chi connectivity index (χ0n) is 36.7. The highest BCUT2D eigenvalue weighted by atomic mass is 16.7. The molecule has 0 aromatic rings. The van der Waals surface area contributed by atoms with Crippen molar-refractivity contribution in [2.24, 2.45) is 0 Å². The minimum atomic E-state index is -1.52. The number of allylic oxidation sites excluding steroid dienone is 12. The van der Waals surface area contributed by atoms with Crippen molar-refractivity contribution in [3.63, 3.8) is 0 Å². The van der Waals surface area contributed by atoms with E-state index in [2.05, 4.69) is 86.8 Å². The van der Waals surface area contributed by atoms with Crippen LogP contribution in [0.25, 0.3) is 0 Å². The zero-order valence-corrected chi connectivity index (χ0v) is 36.7. The molecule has 2 unspecified atom stereocenters. The second-order valence-electron chi connectivity index (χ2n) is 15.6. The first-order valence-corrected chi connectivity index (χ1v) is 22.1. The van der Waals surface area contributed by atoms with E-state index in [1.54, 1.807) is 0 Å². The smallest absolute Gasteiger partial charge is 0.361 e. The number of carbonyl (C=O) groups excluding carboxylic acids is 2. The lowest BCUT2D eigenvalue weighted by molar-refractivity contribution is -0.870. The van der Waals surface area contributed by atoms with Crippen molar-refractivity contribution < 1.29 is 42.9 Å². The molecule has 57 heavy (non-hydrogen) atoms. The van der Waals surface area contributed by atoms with E-state index in [4.69, 9.17) is 18.9 Å². The molecular formula is C48H82NO8+. The standard InChI is InChI=1S/C48H81NO8/c1-6-8-10-12-14-16-18-20-21-22-23-24-25-27-29-31-33-35-37-39-46(51)57-44(43-56-48(47(52)53)54-41-40-49(3,4)5)42-55-45(50)38-36-34-32-30-28-26-19-17-15-13-11-9-7-2/h8,10-11,13-14,16-17,19-21,23-24,44,48H,6-7,9,12,15,18,22,25-43H2,1-5H3/p+1/b10-8-,13-11-,16-14-,19-17-,21-20-,24-23-. The maximum atomic E-state index is 12.8. The lowest BCUT2D eigenvalue weighted by Gasteiger charge is -2.25. The third-order valence-electron chi connectivity index (χ3n) is 8.93. The van der Waals surface area contributed by atoms with Crippen LogP contribution < -0.4 is 0 Å². The van der Waals surface area contributed by atoms with Crippen molar-refractivity contribution in [2.45, 2.75) is 167 Å². The van der Waals surface area contributed by atoms with Gasteiger partial charge in [-0.05, 0) is 77.0 Å². The third kappa shape index (κ3) is 40.7. The first kappa shape index (κ1) is 53.7. The van der Waals surface area contributed by atoms with Crippen LogP contribution in [0.1, 0.15) is 155 Å². The highest BCUT2D eigenvalue weighted by Gasteiger charge is 2.25. The summed E-state index contributed by atoms with van der Waals surface area (Å²) in [4.78, 5) is 37.1. The summed E-state index contributed by atoms with van der Waals surface area (Å²) in [7, 11) is 5.93. The van der Waals surface area contributed by atoms with Crippen molar-refractivity contribution in [2.75, 3.05) is 47.5 Å². The largest absolute Gasteiger partial charge is 0.477 e. The average molecular weight is 801 g/mol. The Labute approximate surface area is 347 Å². The fourth-order valence-corrected chi connectivity index (χ4v) is 5.51. The number of hydrogen-bond donors (Lipinski definition) is 1. The van der Waals surface area contributed by atoms with Gasteiger partial charge in [0.1, 0.15) is 13.2 Å². The van der Waals surface area contributed by atoms with E-state index in [9.17, 15) is 19.5 Å². The van der Waals surface area contributed by atoms with Gasteiger partial charge in [-0.25, -0.2) is 4.79 Å². The summed E-state index contributed by atoms with van der Waals surface area (Å²) in [6.45, 7) is 4.63. The number of carbonyl (C=O) groups is 3. The predicted molar refractivity (Wildman–Crippen MR) is 235 cm³/mol. The monoisotopic (exact) mass is 801 g/mol. The van der Waals surface area contributed by atoms with Gasteiger partial charge in [0.05, 0.1) is 34.4 Å². The van der Waals surface area contributed by atoms with Crippen LogP contribution in [0.5, 0.6) is 0 Å². The van der Waals surface area contributed by atoms with Crippen molar-refractivity contribution in [3.8, 4) is 0 Å². The molecule has 0 saturated carbocycles. The minimum absolute atomic E-state index is 0.178. The van der Waals surface area contributed by atoms with Crippen LogP contribution in [-0.2, 0) is 33.3 Å². The van der Waals surface area contributed by atoms with E-state index in [1.807, 2.05) is 21.1 Å². The number of ether oxygens (including phenoxy) is 4. The van der Waals surface area contributed by atoms with Gasteiger partial charge < -0.3 is 28.5 Å². The lowest BCUT2D eigenvalue weighted by atomic mass is 10.1. The molecule has 0 aliphatic rings. The van der Waals surface area contributed by atoms with Crippen molar-refractivity contribution in [1.82, 2.24) is 0 Å². The van der Waals surface area contributed by atoms with Gasteiger partial charge >= 0.3 is 17.9 Å². The number of carboxylic acids is 1. The van der Waals surface area contributed by atoms with Crippen LogP contribution in [0.3, 0.4) is 0 Å². The molecule has 0 saturated heterocycles. The molecule has 0 aromatic carbocycles. The number of esters is 2. The van der Waals surface area contributed by atoms with Gasteiger partial charge in [-0.1, -0.05) is 138 Å². The van der Waals surface area contributed by atoms with Gasteiger partial charge in [0.2, 0.25) is 0 Å². The molecule has 0 aliphatic heterocycles. The zero-order chi connectivity index (χ0) is 42.1. The Kier molecular flexibility index (Phi) is 37.3. The van der Waals surface area contributed by atoms with Crippen LogP contribution >= 0.6 is 0 Å². The summed E-state index contributed by atoms with van der Waals surface area (Å²) in [5.74, 6) is -2.06. The van der Waals surface area contributed by atoms with Crippen molar-refractivity contribution in [3.05, 3.63) is 72.9 Å². The molecule has 0 rings (SSSR count). The molecule has 326 valence electrons. The molecule has 9 heteroatoms. The molecular weight excluding hydrogens is 719 g/mol. The van der Waals surface area contributed by atoms with E-state index in [0.717, 1.165) is 116 Å². The second-order valence-corrected chi connectivity index (χ2v) is 15.6. The molecule has 0 amide bonds. The van der Waals surface area contributed by atoms with E-state index in [1.165, 1.54) is 6.42 Å². The quantitative estimate of drug-likeness (QED) is 0.0215. The number of aliphatic carboxylic acids is 1. The van der Waals surface area contributed by atoms with Crippen LogP contribution in [0.15, 0.2) is 72.9 Å². The summed E-state index contributed by atoms with van der Waals surface area (Å²) in [5.41, 5.74) is 0. The minimum Gasteiger partial charge on any atom is -0.477 e. The number of quaternary nitrogens is 1. The highest BCUT2D eigenvalue weighted by Crippen LogP contribution is 2.13. The first-order chi connectivity index (χ1) is 27.6. The van der Waals surface area contributed by atoms with E-state index < -0.39 is 24.3 Å². The topological polar surface area (TPSA) is 108 Å². The third-order valence-corrected chi connectivity index (χ3v) is 8.93. The maximum absolute atomic E-state index is 12.8. The molecule has 0 fully saturated rings. The first-order valence-electron chi connectivity index (χ1n) is 22.1. The molecule has 0 aliphatic carbocycles. The van der Waals surface area contributed by atoms with Gasteiger partial charge in [-0.3, -0.25) is 9.59 Å². The van der Waals surface area contributed by atoms with E-state index in [-0.39, 0.29) is 38.6 Å². The Morgan fingerprint density at radius 1 is 0.544 bits per heavy atom. The summed E-state index contributed by atoms with van der Waals surface area (Å²) >= 11 is 0. The molecule has 0 bridgehead atoms. The Balaban J connectivity index is 4.50. The molecule has 0 radical (unpaired) electrons.